The summed E-state index contributed by atoms with van der Waals surface area (Å²) in [5, 5.41) is 3.69. The molecule has 0 aromatic carbocycles. The fourth-order valence-corrected chi connectivity index (χ4v) is 2.45. The van der Waals surface area contributed by atoms with Crippen molar-refractivity contribution < 1.29 is 9.53 Å². The number of aromatic nitrogens is 2. The highest BCUT2D eigenvalue weighted by Gasteiger charge is 2.30. The van der Waals surface area contributed by atoms with Gasteiger partial charge in [-0.25, -0.2) is 9.78 Å². The Bertz CT molecular complexity index is 702. The molecule has 0 bridgehead atoms. The Hall–Kier alpha value is -2.14. The van der Waals surface area contributed by atoms with Gasteiger partial charge in [-0.3, -0.25) is 4.98 Å². The summed E-state index contributed by atoms with van der Waals surface area (Å²) in [5.74, 6) is 0.0549. The van der Waals surface area contributed by atoms with Crippen molar-refractivity contribution in [3.8, 4) is 0 Å². The van der Waals surface area contributed by atoms with E-state index in [0.29, 0.717) is 23.2 Å². The quantitative estimate of drug-likeness (QED) is 0.676. The van der Waals surface area contributed by atoms with Crippen molar-refractivity contribution in [3.05, 3.63) is 52.6 Å². The van der Waals surface area contributed by atoms with Crippen molar-refractivity contribution in [1.82, 2.24) is 9.97 Å². The zero-order valence-electron chi connectivity index (χ0n) is 12.2. The van der Waals surface area contributed by atoms with Crippen LogP contribution >= 0.6 is 11.6 Å². The number of carbonyl (C=O) groups is 1. The molecule has 0 amide bonds. The number of halogens is 1. The molecule has 1 aliphatic rings. The Morgan fingerprint density at radius 1 is 1.41 bits per heavy atom. The Morgan fingerprint density at radius 2 is 2.23 bits per heavy atom. The fraction of sp³-hybridized carbons (Fsp3) is 0.312. The van der Waals surface area contributed by atoms with Crippen LogP contribution < -0.4 is 5.32 Å². The Kier molecular flexibility index (Phi) is 4.24. The smallest absolute Gasteiger partial charge is 0.339 e. The van der Waals surface area contributed by atoms with Gasteiger partial charge in [-0.05, 0) is 37.1 Å². The van der Waals surface area contributed by atoms with Crippen LogP contribution in [0, 0.1) is 0 Å². The highest BCUT2D eigenvalue weighted by atomic mass is 35.5. The van der Waals surface area contributed by atoms with Gasteiger partial charge in [0.1, 0.15) is 5.15 Å². The van der Waals surface area contributed by atoms with Gasteiger partial charge in [0.25, 0.3) is 0 Å². The number of rotatable bonds is 5. The van der Waals surface area contributed by atoms with Gasteiger partial charge in [0.15, 0.2) is 0 Å². The van der Waals surface area contributed by atoms with E-state index in [4.69, 9.17) is 16.3 Å². The molecule has 5 nitrogen and oxygen atoms in total. The first-order chi connectivity index (χ1) is 10.7. The number of hydrogen-bond donors (Lipinski definition) is 1. The summed E-state index contributed by atoms with van der Waals surface area (Å²) in [6.07, 6.45) is 3.80. The van der Waals surface area contributed by atoms with Gasteiger partial charge in [0.2, 0.25) is 0 Å². The molecule has 0 aliphatic heterocycles. The molecule has 1 fully saturated rings. The monoisotopic (exact) mass is 317 g/mol. The van der Waals surface area contributed by atoms with E-state index in [-0.39, 0.29) is 5.97 Å². The average molecular weight is 318 g/mol. The predicted octanol–water partition coefficient (Wildman–Crippen LogP) is 3.41. The highest BCUT2D eigenvalue weighted by molar-refractivity contribution is 6.29. The maximum absolute atomic E-state index is 11.8. The summed E-state index contributed by atoms with van der Waals surface area (Å²) < 4.78 is 4.82. The third kappa shape index (κ3) is 3.36. The van der Waals surface area contributed by atoms with Gasteiger partial charge in [-0.1, -0.05) is 11.6 Å². The van der Waals surface area contributed by atoms with Gasteiger partial charge in [0.05, 0.1) is 30.6 Å². The lowest BCUT2D eigenvalue weighted by molar-refractivity contribution is 0.0599. The topological polar surface area (TPSA) is 64.1 Å². The Balaban J connectivity index is 1.77. The van der Waals surface area contributed by atoms with Gasteiger partial charge in [-0.15, -0.1) is 0 Å². The molecule has 0 unspecified atom stereocenters. The number of anilines is 1. The van der Waals surface area contributed by atoms with Crippen LogP contribution in [0.3, 0.4) is 0 Å². The van der Waals surface area contributed by atoms with Gasteiger partial charge < -0.3 is 10.1 Å². The standard InChI is InChI=1S/C16H16ClN3O2/c1-22-16(21)13-5-4-12(20-15(13)10-2-3-10)9-19-11-6-7-18-14(17)8-11/h4-8,10H,2-3,9H2,1H3,(H,18,19). The Labute approximate surface area is 133 Å². The lowest BCUT2D eigenvalue weighted by Crippen LogP contribution is -2.10. The third-order valence-electron chi connectivity index (χ3n) is 3.55. The number of ether oxygens (including phenoxy) is 1. The lowest BCUT2D eigenvalue weighted by atomic mass is 10.1. The molecule has 0 atom stereocenters. The zero-order valence-corrected chi connectivity index (χ0v) is 12.9. The normalized spacial score (nSPS) is 13.7. The molecule has 1 aliphatic carbocycles. The summed E-state index contributed by atoms with van der Waals surface area (Å²) in [6, 6.07) is 7.24. The maximum atomic E-state index is 11.8. The Morgan fingerprint density at radius 3 is 2.91 bits per heavy atom. The molecule has 2 aromatic rings. The molecule has 114 valence electrons. The van der Waals surface area contributed by atoms with E-state index in [1.54, 1.807) is 18.3 Å². The van der Waals surface area contributed by atoms with Crippen LogP contribution in [0.25, 0.3) is 0 Å². The minimum absolute atomic E-state index is 0.324. The second-order valence-corrected chi connectivity index (χ2v) is 5.61. The van der Waals surface area contributed by atoms with Crippen molar-refractivity contribution in [2.24, 2.45) is 0 Å². The number of carbonyl (C=O) groups excluding carboxylic acids is 1. The summed E-state index contributed by atoms with van der Waals surface area (Å²) in [4.78, 5) is 20.4. The average Bonchev–Trinajstić information content (AvgIpc) is 3.37. The first-order valence-electron chi connectivity index (χ1n) is 7.11. The number of hydrogen-bond acceptors (Lipinski definition) is 5. The van der Waals surface area contributed by atoms with Gasteiger partial charge in [-0.2, -0.15) is 0 Å². The third-order valence-corrected chi connectivity index (χ3v) is 3.76. The van der Waals surface area contributed by atoms with E-state index in [1.807, 2.05) is 12.1 Å². The van der Waals surface area contributed by atoms with Crippen molar-refractivity contribution in [2.75, 3.05) is 12.4 Å². The van der Waals surface area contributed by atoms with Crippen molar-refractivity contribution in [1.29, 1.82) is 0 Å². The van der Waals surface area contributed by atoms with Crippen LogP contribution in [-0.4, -0.2) is 23.0 Å². The fourth-order valence-electron chi connectivity index (χ4n) is 2.27. The van der Waals surface area contributed by atoms with E-state index < -0.39 is 0 Å². The molecule has 2 heterocycles. The largest absolute Gasteiger partial charge is 0.465 e. The van der Waals surface area contributed by atoms with Crippen LogP contribution in [-0.2, 0) is 11.3 Å². The number of nitrogens with zero attached hydrogens (tertiary/aromatic N) is 2. The molecule has 3 rings (SSSR count). The van der Waals surface area contributed by atoms with Gasteiger partial charge >= 0.3 is 5.97 Å². The van der Waals surface area contributed by atoms with Crippen molar-refractivity contribution in [2.45, 2.75) is 25.3 Å². The molecule has 6 heteroatoms. The lowest BCUT2D eigenvalue weighted by Gasteiger charge is -2.10. The molecular formula is C16H16ClN3O2. The molecule has 0 spiro atoms. The van der Waals surface area contributed by atoms with E-state index >= 15 is 0 Å². The van der Waals surface area contributed by atoms with E-state index in [9.17, 15) is 4.79 Å². The van der Waals surface area contributed by atoms with Crippen LogP contribution in [0.2, 0.25) is 5.15 Å². The number of pyridine rings is 2. The number of esters is 1. The summed E-state index contributed by atoms with van der Waals surface area (Å²) in [7, 11) is 1.39. The van der Waals surface area contributed by atoms with E-state index in [1.165, 1.54) is 7.11 Å². The zero-order chi connectivity index (χ0) is 15.5. The van der Waals surface area contributed by atoms with Crippen LogP contribution in [0.4, 0.5) is 5.69 Å². The van der Waals surface area contributed by atoms with Crippen molar-refractivity contribution >= 4 is 23.3 Å². The predicted molar refractivity (Wildman–Crippen MR) is 84.1 cm³/mol. The summed E-state index contributed by atoms with van der Waals surface area (Å²) >= 11 is 5.86. The second-order valence-electron chi connectivity index (χ2n) is 5.22. The molecule has 0 radical (unpaired) electrons. The molecule has 1 saturated carbocycles. The van der Waals surface area contributed by atoms with Crippen LogP contribution in [0.5, 0.6) is 0 Å². The molecule has 0 saturated heterocycles. The van der Waals surface area contributed by atoms with Crippen LogP contribution in [0.15, 0.2) is 30.5 Å². The summed E-state index contributed by atoms with van der Waals surface area (Å²) in [5.41, 5.74) is 3.17. The SMILES string of the molecule is COC(=O)c1ccc(CNc2ccnc(Cl)c2)nc1C1CC1. The van der Waals surface area contributed by atoms with Crippen molar-refractivity contribution in [3.63, 3.8) is 0 Å². The first-order valence-corrected chi connectivity index (χ1v) is 7.48. The van der Waals surface area contributed by atoms with E-state index in [0.717, 1.165) is 29.9 Å². The van der Waals surface area contributed by atoms with Gasteiger partial charge in [0, 0.05) is 17.8 Å². The minimum Gasteiger partial charge on any atom is -0.465 e. The minimum atomic E-state index is -0.324. The van der Waals surface area contributed by atoms with Crippen LogP contribution in [0.1, 0.15) is 40.5 Å². The maximum Gasteiger partial charge on any atom is 0.339 e. The molecule has 22 heavy (non-hydrogen) atoms. The molecular weight excluding hydrogens is 302 g/mol. The van der Waals surface area contributed by atoms with E-state index in [2.05, 4.69) is 15.3 Å². The first kappa shape index (κ1) is 14.8. The summed E-state index contributed by atoms with van der Waals surface area (Å²) in [6.45, 7) is 0.557. The number of nitrogens with one attached hydrogen (secondary N) is 1. The molecule has 2 aromatic heterocycles. The molecule has 1 N–H and O–H groups in total. The highest BCUT2D eigenvalue weighted by Crippen LogP contribution is 2.40. The second kappa shape index (κ2) is 6.32. The number of methoxy groups -OCH3 is 1.